The van der Waals surface area contributed by atoms with E-state index in [1.165, 1.54) is 11.0 Å². The Morgan fingerprint density at radius 1 is 1.24 bits per heavy atom. The number of nitrogens with zero attached hydrogens (tertiary/aromatic N) is 2. The Kier molecular flexibility index (Phi) is 3.56. The van der Waals surface area contributed by atoms with E-state index in [1.807, 2.05) is 30.3 Å². The maximum atomic E-state index is 13.9. The van der Waals surface area contributed by atoms with Crippen LogP contribution in [0, 0.1) is 5.82 Å². The summed E-state index contributed by atoms with van der Waals surface area (Å²) in [5.41, 5.74) is 7.00. The van der Waals surface area contributed by atoms with Crippen molar-refractivity contribution in [3.8, 4) is 0 Å². The summed E-state index contributed by atoms with van der Waals surface area (Å²) in [5.74, 6) is -0.274. The number of aliphatic imine (C=N–C) groups is 1. The molecular weight excluding hydrogens is 323 g/mol. The zero-order valence-electron chi connectivity index (χ0n) is 13.4. The Morgan fingerprint density at radius 3 is 2.76 bits per heavy atom. The molecule has 2 aromatic rings. The predicted octanol–water partition coefficient (Wildman–Crippen LogP) is 2.31. The second-order valence-electron chi connectivity index (χ2n) is 6.21. The van der Waals surface area contributed by atoms with Gasteiger partial charge in [-0.3, -0.25) is 4.90 Å². The minimum absolute atomic E-state index is 0.143. The summed E-state index contributed by atoms with van der Waals surface area (Å²) >= 11 is 0. The van der Waals surface area contributed by atoms with Gasteiger partial charge in [-0.2, -0.15) is 0 Å². The molecule has 0 bridgehead atoms. The molecule has 0 radical (unpaired) electrons. The van der Waals surface area contributed by atoms with Crippen molar-refractivity contribution in [1.29, 1.82) is 0 Å². The van der Waals surface area contributed by atoms with Crippen molar-refractivity contribution in [2.75, 3.05) is 18.4 Å². The van der Waals surface area contributed by atoms with E-state index in [1.54, 1.807) is 12.1 Å². The van der Waals surface area contributed by atoms with Crippen molar-refractivity contribution in [3.63, 3.8) is 0 Å². The second kappa shape index (κ2) is 5.77. The second-order valence-corrected chi connectivity index (χ2v) is 6.21. The first-order chi connectivity index (χ1) is 12.1. The van der Waals surface area contributed by atoms with Gasteiger partial charge >= 0.3 is 6.09 Å². The first-order valence-corrected chi connectivity index (χ1v) is 7.94. The first kappa shape index (κ1) is 15.4. The van der Waals surface area contributed by atoms with Crippen LogP contribution in [-0.2, 0) is 11.3 Å². The fourth-order valence-electron chi connectivity index (χ4n) is 3.13. The lowest BCUT2D eigenvalue weighted by Crippen LogP contribution is -2.68. The van der Waals surface area contributed by atoms with Crippen molar-refractivity contribution in [1.82, 2.24) is 4.90 Å². The Bertz CT molecular complexity index is 847. The molecule has 2 heterocycles. The number of carbonyl (C=O) groups excluding carboxylic acids is 1. The highest BCUT2D eigenvalue weighted by Crippen LogP contribution is 2.34. The molecule has 0 aromatic heterocycles. The Morgan fingerprint density at radius 2 is 2.00 bits per heavy atom. The molecule has 0 atom stereocenters. The number of amides is 1. The summed E-state index contributed by atoms with van der Waals surface area (Å²) in [6, 6.07) is 14.2. The normalized spacial score (nSPS) is 17.2. The lowest BCUT2D eigenvalue weighted by Gasteiger charge is -2.49. The van der Waals surface area contributed by atoms with Crippen molar-refractivity contribution in [3.05, 3.63) is 65.5 Å². The molecular formula is C18H17FN4O2. The summed E-state index contributed by atoms with van der Waals surface area (Å²) < 4.78 is 19.2. The Hall–Kier alpha value is -3.09. The van der Waals surface area contributed by atoms with Gasteiger partial charge in [0.15, 0.2) is 5.66 Å². The summed E-state index contributed by atoms with van der Waals surface area (Å²) in [4.78, 5) is 18.0. The molecule has 25 heavy (non-hydrogen) atoms. The summed E-state index contributed by atoms with van der Waals surface area (Å²) in [5, 5.41) is 3.18. The van der Waals surface area contributed by atoms with Crippen LogP contribution in [0.15, 0.2) is 53.5 Å². The number of amidine groups is 1. The van der Waals surface area contributed by atoms with E-state index in [9.17, 15) is 9.18 Å². The molecule has 128 valence electrons. The number of likely N-dealkylation sites (tertiary alicyclic amines) is 1. The van der Waals surface area contributed by atoms with E-state index < -0.39 is 17.6 Å². The van der Waals surface area contributed by atoms with E-state index in [-0.39, 0.29) is 18.0 Å². The van der Waals surface area contributed by atoms with E-state index in [0.29, 0.717) is 18.8 Å². The van der Waals surface area contributed by atoms with Gasteiger partial charge in [0.25, 0.3) is 0 Å². The monoisotopic (exact) mass is 340 g/mol. The number of hydrogen-bond acceptors (Lipinski definition) is 5. The third kappa shape index (κ3) is 2.77. The predicted molar refractivity (Wildman–Crippen MR) is 91.7 cm³/mol. The standard InChI is InChI=1S/C18H17FN4O2/c19-13-7-4-8-14-15(13)16(20)22-18(21-14)10-23(11-18)17(24)25-9-12-5-2-1-3-6-12/h1-8,21H,9-11H2,(H2,20,22). The number of halogens is 1. The van der Waals surface area contributed by atoms with Crippen LogP contribution in [0.4, 0.5) is 14.9 Å². The SMILES string of the molecule is NC1=NC2(CN(C(=O)OCc3ccccc3)C2)Nc2cccc(F)c21. The molecule has 0 aliphatic carbocycles. The molecule has 0 saturated carbocycles. The number of carbonyl (C=O) groups is 1. The van der Waals surface area contributed by atoms with Crippen LogP contribution < -0.4 is 11.1 Å². The van der Waals surface area contributed by atoms with E-state index in [4.69, 9.17) is 10.5 Å². The molecule has 1 fully saturated rings. The highest BCUT2D eigenvalue weighted by Gasteiger charge is 2.48. The molecule has 2 aliphatic rings. The van der Waals surface area contributed by atoms with Crippen LogP contribution >= 0.6 is 0 Å². The van der Waals surface area contributed by atoms with Crippen LogP contribution in [0.1, 0.15) is 11.1 Å². The fraction of sp³-hybridized carbons (Fsp3) is 0.222. The number of benzene rings is 2. The van der Waals surface area contributed by atoms with Crippen molar-refractivity contribution < 1.29 is 13.9 Å². The van der Waals surface area contributed by atoms with Crippen LogP contribution in [-0.4, -0.2) is 35.6 Å². The molecule has 0 unspecified atom stereocenters. The smallest absolute Gasteiger partial charge is 0.410 e. The van der Waals surface area contributed by atoms with E-state index in [0.717, 1.165) is 5.56 Å². The molecule has 6 nitrogen and oxygen atoms in total. The minimum atomic E-state index is -0.712. The lowest BCUT2D eigenvalue weighted by molar-refractivity contribution is 0.0458. The molecule has 2 aliphatic heterocycles. The number of anilines is 1. The van der Waals surface area contributed by atoms with Crippen LogP contribution in [0.25, 0.3) is 0 Å². The molecule has 7 heteroatoms. The topological polar surface area (TPSA) is 80.0 Å². The van der Waals surface area contributed by atoms with Gasteiger partial charge in [-0.1, -0.05) is 36.4 Å². The molecule has 1 spiro atoms. The Balaban J connectivity index is 1.40. The summed E-state index contributed by atoms with van der Waals surface area (Å²) in [6.45, 7) is 0.852. The highest BCUT2D eigenvalue weighted by atomic mass is 19.1. The van der Waals surface area contributed by atoms with Gasteiger partial charge in [-0.25, -0.2) is 14.2 Å². The van der Waals surface area contributed by atoms with E-state index in [2.05, 4.69) is 10.3 Å². The molecule has 2 aromatic carbocycles. The van der Waals surface area contributed by atoms with Crippen LogP contribution in [0.2, 0.25) is 0 Å². The molecule has 3 N–H and O–H groups in total. The minimum Gasteiger partial charge on any atom is -0.445 e. The molecule has 1 saturated heterocycles. The average molecular weight is 340 g/mol. The zero-order chi connectivity index (χ0) is 17.4. The van der Waals surface area contributed by atoms with Crippen LogP contribution in [0.3, 0.4) is 0 Å². The maximum Gasteiger partial charge on any atom is 0.410 e. The maximum absolute atomic E-state index is 13.9. The van der Waals surface area contributed by atoms with Crippen molar-refractivity contribution in [2.45, 2.75) is 12.3 Å². The average Bonchev–Trinajstić information content (AvgIpc) is 2.58. The largest absolute Gasteiger partial charge is 0.445 e. The number of fused-ring (bicyclic) bond motifs is 1. The summed E-state index contributed by atoms with van der Waals surface area (Å²) in [7, 11) is 0. The third-order valence-corrected chi connectivity index (χ3v) is 4.34. The molecule has 4 rings (SSSR count). The first-order valence-electron chi connectivity index (χ1n) is 7.94. The number of nitrogens with one attached hydrogen (secondary N) is 1. The van der Waals surface area contributed by atoms with Crippen molar-refractivity contribution in [2.24, 2.45) is 10.7 Å². The number of nitrogens with two attached hydrogens (primary N) is 1. The van der Waals surface area contributed by atoms with Crippen LogP contribution in [0.5, 0.6) is 0 Å². The molecule has 1 amide bonds. The number of hydrogen-bond donors (Lipinski definition) is 2. The number of ether oxygens (including phenoxy) is 1. The zero-order valence-corrected chi connectivity index (χ0v) is 13.4. The van der Waals surface area contributed by atoms with Gasteiger partial charge in [0.1, 0.15) is 18.3 Å². The number of rotatable bonds is 2. The van der Waals surface area contributed by atoms with Gasteiger partial charge < -0.3 is 15.8 Å². The van der Waals surface area contributed by atoms with E-state index >= 15 is 0 Å². The van der Waals surface area contributed by atoms with Crippen molar-refractivity contribution >= 4 is 17.6 Å². The quantitative estimate of drug-likeness (QED) is 0.879. The lowest BCUT2D eigenvalue weighted by atomic mass is 9.96. The van der Waals surface area contributed by atoms with Gasteiger partial charge in [0, 0.05) is 5.69 Å². The third-order valence-electron chi connectivity index (χ3n) is 4.34. The van der Waals surface area contributed by atoms with Gasteiger partial charge in [0.2, 0.25) is 0 Å². The summed E-state index contributed by atoms with van der Waals surface area (Å²) in [6.07, 6.45) is -0.407. The fourth-order valence-corrected chi connectivity index (χ4v) is 3.13. The van der Waals surface area contributed by atoms with Gasteiger partial charge in [0.05, 0.1) is 18.7 Å². The van der Waals surface area contributed by atoms with Gasteiger partial charge in [-0.05, 0) is 17.7 Å². The highest BCUT2D eigenvalue weighted by molar-refractivity contribution is 6.04. The van der Waals surface area contributed by atoms with Gasteiger partial charge in [-0.15, -0.1) is 0 Å². The Labute approximate surface area is 144 Å².